The molecule has 3 nitrogen and oxygen atoms in total. The highest BCUT2D eigenvalue weighted by Crippen LogP contribution is 2.50. The maximum Gasteiger partial charge on any atom is 0.195 e. The van der Waals surface area contributed by atoms with E-state index in [1.807, 2.05) is 0 Å². The molecule has 0 aliphatic rings. The molecule has 134 valence electrons. The van der Waals surface area contributed by atoms with Crippen molar-refractivity contribution in [3.8, 4) is 11.8 Å². The molecule has 0 unspecified atom stereocenters. The molecular weight excluding hydrogens is 286 g/mol. The van der Waals surface area contributed by atoms with Gasteiger partial charge in [0, 0.05) is 11.1 Å². The van der Waals surface area contributed by atoms with Crippen LogP contribution in [0.4, 0.5) is 0 Å². The van der Waals surface area contributed by atoms with E-state index in [-0.39, 0.29) is 28.0 Å². The smallest absolute Gasteiger partial charge is 0.195 e. The summed E-state index contributed by atoms with van der Waals surface area (Å²) in [5, 5.41) is 20.8. The number of aromatic hydroxyl groups is 2. The first kappa shape index (κ1) is 19.9. The van der Waals surface area contributed by atoms with Crippen molar-refractivity contribution in [2.45, 2.75) is 92.9 Å². The second-order valence-electron chi connectivity index (χ2n) is 8.27. The van der Waals surface area contributed by atoms with Crippen LogP contribution in [-0.2, 0) is 11.8 Å². The lowest BCUT2D eigenvalue weighted by Gasteiger charge is -2.44. The van der Waals surface area contributed by atoms with Gasteiger partial charge in [0.15, 0.2) is 11.8 Å². The van der Waals surface area contributed by atoms with Gasteiger partial charge in [-0.3, -0.25) is 4.98 Å². The molecular formula is C20H37NO2. The number of rotatable bonds is 8. The molecule has 0 spiro atoms. The maximum absolute atomic E-state index is 10.4. The van der Waals surface area contributed by atoms with Crippen molar-refractivity contribution in [3.05, 3.63) is 11.1 Å². The Balaban J connectivity index is 3.40. The first-order chi connectivity index (χ1) is 10.5. The number of aromatic amines is 1. The standard InChI is InChI=1S/C20H37NO2/c1-9-19(7,10-2)15-14(16(22)21-17(15)23)13-18(5,6)20(8,11-3)12-4/h21-23H,9-13H2,1-8H3. The van der Waals surface area contributed by atoms with E-state index in [4.69, 9.17) is 0 Å². The van der Waals surface area contributed by atoms with Crippen LogP contribution in [0.5, 0.6) is 11.8 Å². The highest BCUT2D eigenvalue weighted by Gasteiger charge is 2.41. The second-order valence-corrected chi connectivity index (χ2v) is 8.27. The van der Waals surface area contributed by atoms with Crippen LogP contribution in [0.25, 0.3) is 0 Å². The fraction of sp³-hybridized carbons (Fsp3) is 0.800. The van der Waals surface area contributed by atoms with Crippen LogP contribution < -0.4 is 0 Å². The van der Waals surface area contributed by atoms with E-state index in [0.717, 1.165) is 43.2 Å². The van der Waals surface area contributed by atoms with Gasteiger partial charge in [-0.05, 0) is 35.5 Å². The molecule has 0 aromatic carbocycles. The third-order valence-corrected chi connectivity index (χ3v) is 7.04. The summed E-state index contributed by atoms with van der Waals surface area (Å²) in [6, 6.07) is 0. The Bertz CT molecular complexity index is 520. The summed E-state index contributed by atoms with van der Waals surface area (Å²) in [5.74, 6) is 0.266. The largest absolute Gasteiger partial charge is 0.494 e. The molecule has 3 heteroatoms. The van der Waals surface area contributed by atoms with Gasteiger partial charge < -0.3 is 10.2 Å². The number of aromatic nitrogens is 1. The Morgan fingerprint density at radius 3 is 1.65 bits per heavy atom. The second kappa shape index (κ2) is 6.78. The predicted octanol–water partition coefficient (Wildman–Crippen LogP) is 5.90. The summed E-state index contributed by atoms with van der Waals surface area (Å²) < 4.78 is 0. The van der Waals surface area contributed by atoms with Gasteiger partial charge >= 0.3 is 0 Å². The minimum absolute atomic E-state index is 0.0275. The Kier molecular flexibility index (Phi) is 5.88. The lowest BCUT2D eigenvalue weighted by molar-refractivity contribution is 0.0767. The van der Waals surface area contributed by atoms with Crippen LogP contribution in [0.3, 0.4) is 0 Å². The molecule has 0 fully saturated rings. The predicted molar refractivity (Wildman–Crippen MR) is 98.2 cm³/mol. The zero-order valence-electron chi connectivity index (χ0n) is 16.4. The van der Waals surface area contributed by atoms with Crippen LogP contribution in [0.1, 0.15) is 92.2 Å². The average Bonchev–Trinajstić information content (AvgIpc) is 2.79. The van der Waals surface area contributed by atoms with E-state index in [1.54, 1.807) is 0 Å². The molecule has 3 N–H and O–H groups in total. The summed E-state index contributed by atoms with van der Waals surface area (Å²) in [4.78, 5) is 2.77. The molecule has 0 saturated carbocycles. The van der Waals surface area contributed by atoms with Crippen molar-refractivity contribution in [1.29, 1.82) is 0 Å². The SMILES string of the molecule is CCC(C)(CC)c1c(O)[nH]c(O)c1CC(C)(C)C(C)(CC)CC. The normalized spacial score (nSPS) is 13.6. The molecule has 1 rings (SSSR count). The van der Waals surface area contributed by atoms with Crippen molar-refractivity contribution in [2.75, 3.05) is 0 Å². The highest BCUT2D eigenvalue weighted by molar-refractivity contribution is 5.48. The lowest BCUT2D eigenvalue weighted by Crippen LogP contribution is -2.36. The Hall–Kier alpha value is -1.12. The van der Waals surface area contributed by atoms with Crippen LogP contribution in [0, 0.1) is 10.8 Å². The molecule has 1 aromatic rings. The first-order valence-corrected chi connectivity index (χ1v) is 9.15. The third-order valence-electron chi connectivity index (χ3n) is 7.04. The van der Waals surface area contributed by atoms with E-state index >= 15 is 0 Å². The van der Waals surface area contributed by atoms with Crippen molar-refractivity contribution >= 4 is 0 Å². The number of hydrogen-bond acceptors (Lipinski definition) is 2. The molecule has 23 heavy (non-hydrogen) atoms. The van der Waals surface area contributed by atoms with E-state index in [2.05, 4.69) is 60.4 Å². The number of nitrogens with one attached hydrogen (secondary N) is 1. The number of H-pyrrole nitrogens is 1. The third kappa shape index (κ3) is 3.39. The van der Waals surface area contributed by atoms with Gasteiger partial charge in [-0.2, -0.15) is 0 Å². The monoisotopic (exact) mass is 323 g/mol. The van der Waals surface area contributed by atoms with Gasteiger partial charge in [-0.1, -0.05) is 68.2 Å². The quantitative estimate of drug-likeness (QED) is 0.558. The summed E-state index contributed by atoms with van der Waals surface area (Å²) in [7, 11) is 0. The molecule has 0 amide bonds. The van der Waals surface area contributed by atoms with Crippen LogP contribution in [0.2, 0.25) is 0 Å². The first-order valence-electron chi connectivity index (χ1n) is 9.15. The zero-order valence-corrected chi connectivity index (χ0v) is 16.4. The van der Waals surface area contributed by atoms with Crippen molar-refractivity contribution < 1.29 is 10.2 Å². The van der Waals surface area contributed by atoms with E-state index in [0.29, 0.717) is 0 Å². The zero-order chi connectivity index (χ0) is 18.1. The minimum Gasteiger partial charge on any atom is -0.494 e. The Morgan fingerprint density at radius 2 is 1.26 bits per heavy atom. The van der Waals surface area contributed by atoms with E-state index in [9.17, 15) is 10.2 Å². The summed E-state index contributed by atoms with van der Waals surface area (Å²) >= 11 is 0. The molecule has 0 radical (unpaired) electrons. The molecule has 0 atom stereocenters. The van der Waals surface area contributed by atoms with Crippen molar-refractivity contribution in [2.24, 2.45) is 10.8 Å². The topological polar surface area (TPSA) is 56.2 Å². The van der Waals surface area contributed by atoms with Crippen molar-refractivity contribution in [3.63, 3.8) is 0 Å². The highest BCUT2D eigenvalue weighted by atomic mass is 16.3. The average molecular weight is 324 g/mol. The lowest BCUT2D eigenvalue weighted by atomic mass is 9.60. The summed E-state index contributed by atoms with van der Waals surface area (Å²) in [6.07, 6.45) is 4.82. The Morgan fingerprint density at radius 1 is 0.783 bits per heavy atom. The van der Waals surface area contributed by atoms with Crippen molar-refractivity contribution in [1.82, 2.24) is 4.98 Å². The van der Waals surface area contributed by atoms with Crippen LogP contribution >= 0.6 is 0 Å². The van der Waals surface area contributed by atoms with E-state index in [1.165, 1.54) is 0 Å². The Labute approximate surface area is 142 Å². The molecule has 0 aliphatic heterocycles. The molecule has 0 bridgehead atoms. The fourth-order valence-corrected chi connectivity index (χ4v) is 3.80. The fourth-order valence-electron chi connectivity index (χ4n) is 3.80. The van der Waals surface area contributed by atoms with Gasteiger partial charge in [0.25, 0.3) is 0 Å². The van der Waals surface area contributed by atoms with Gasteiger partial charge in [0.05, 0.1) is 0 Å². The minimum atomic E-state index is -0.123. The molecule has 0 saturated heterocycles. The van der Waals surface area contributed by atoms with Gasteiger partial charge in [-0.15, -0.1) is 0 Å². The van der Waals surface area contributed by atoms with Gasteiger partial charge in [-0.25, -0.2) is 0 Å². The van der Waals surface area contributed by atoms with Crippen LogP contribution in [-0.4, -0.2) is 15.2 Å². The number of hydrogen-bond donors (Lipinski definition) is 3. The van der Waals surface area contributed by atoms with Gasteiger partial charge in [0.2, 0.25) is 0 Å². The summed E-state index contributed by atoms with van der Waals surface area (Å²) in [6.45, 7) is 17.8. The van der Waals surface area contributed by atoms with Gasteiger partial charge in [0.1, 0.15) is 0 Å². The maximum atomic E-state index is 10.4. The summed E-state index contributed by atoms with van der Waals surface area (Å²) in [5.41, 5.74) is 1.90. The molecule has 1 aromatic heterocycles. The van der Waals surface area contributed by atoms with E-state index < -0.39 is 0 Å². The van der Waals surface area contributed by atoms with Crippen LogP contribution in [0.15, 0.2) is 0 Å². The molecule has 1 heterocycles. The molecule has 0 aliphatic carbocycles.